The Morgan fingerprint density at radius 2 is 1.82 bits per heavy atom. The molecule has 0 amide bonds. The number of nitrogens with zero attached hydrogens (tertiary/aromatic N) is 2. The fraction of sp³-hybridized carbons (Fsp3) is 0.400. The molecule has 1 atom stereocenters. The first-order valence-electron chi connectivity index (χ1n) is 8.97. The fourth-order valence-electron chi connectivity index (χ4n) is 2.35. The number of nitrogens with one attached hydrogen (secondary N) is 2. The number of methoxy groups -OCH3 is 2. The zero-order chi connectivity index (χ0) is 19.5. The maximum atomic E-state index is 5.96. The number of benzene rings is 1. The SMILES string of the molecule is CCNC(=NCc1ccc(OC)nc1)NCC(C)Oc1ccccc1OC.I. The number of guanidine groups is 1. The highest BCUT2D eigenvalue weighted by molar-refractivity contribution is 14.0. The molecule has 0 radical (unpaired) electrons. The lowest BCUT2D eigenvalue weighted by Gasteiger charge is -2.19. The molecular formula is C20H29IN4O3. The fourth-order valence-corrected chi connectivity index (χ4v) is 2.35. The van der Waals surface area contributed by atoms with Crippen molar-refractivity contribution >= 4 is 29.9 Å². The lowest BCUT2D eigenvalue weighted by atomic mass is 10.3. The average molecular weight is 500 g/mol. The Morgan fingerprint density at radius 1 is 1.07 bits per heavy atom. The number of aromatic nitrogens is 1. The van der Waals surface area contributed by atoms with E-state index >= 15 is 0 Å². The van der Waals surface area contributed by atoms with E-state index in [-0.39, 0.29) is 30.1 Å². The molecule has 28 heavy (non-hydrogen) atoms. The van der Waals surface area contributed by atoms with Gasteiger partial charge in [0.1, 0.15) is 6.10 Å². The molecule has 0 bridgehead atoms. The first-order valence-corrected chi connectivity index (χ1v) is 8.97. The second-order valence-corrected chi connectivity index (χ2v) is 5.86. The van der Waals surface area contributed by atoms with E-state index in [1.54, 1.807) is 20.4 Å². The Labute approximate surface area is 183 Å². The first kappa shape index (κ1) is 23.8. The predicted octanol–water partition coefficient (Wildman–Crippen LogP) is 3.24. The molecule has 1 aromatic carbocycles. The minimum atomic E-state index is -0.0622. The van der Waals surface area contributed by atoms with Gasteiger partial charge in [0.05, 0.1) is 27.3 Å². The van der Waals surface area contributed by atoms with Gasteiger partial charge in [0.2, 0.25) is 5.88 Å². The highest BCUT2D eigenvalue weighted by Gasteiger charge is 2.09. The molecule has 1 heterocycles. The van der Waals surface area contributed by atoms with Gasteiger partial charge in [-0.05, 0) is 31.5 Å². The maximum Gasteiger partial charge on any atom is 0.212 e. The third kappa shape index (κ3) is 7.79. The molecule has 7 nitrogen and oxygen atoms in total. The molecule has 1 unspecified atom stereocenters. The van der Waals surface area contributed by atoms with E-state index in [1.807, 2.05) is 50.2 Å². The molecule has 0 aliphatic rings. The van der Waals surface area contributed by atoms with E-state index < -0.39 is 0 Å². The number of para-hydroxylation sites is 2. The molecule has 0 saturated carbocycles. The molecule has 8 heteroatoms. The summed E-state index contributed by atoms with van der Waals surface area (Å²) < 4.78 is 16.3. The summed E-state index contributed by atoms with van der Waals surface area (Å²) in [6.07, 6.45) is 1.70. The van der Waals surface area contributed by atoms with Crippen LogP contribution < -0.4 is 24.8 Å². The van der Waals surface area contributed by atoms with Crippen molar-refractivity contribution in [2.75, 3.05) is 27.3 Å². The first-order chi connectivity index (χ1) is 13.2. The maximum absolute atomic E-state index is 5.96. The molecule has 2 rings (SSSR count). The summed E-state index contributed by atoms with van der Waals surface area (Å²) in [5, 5.41) is 6.53. The quantitative estimate of drug-likeness (QED) is 0.313. The molecule has 2 N–H and O–H groups in total. The van der Waals surface area contributed by atoms with Crippen LogP contribution in [0.1, 0.15) is 19.4 Å². The van der Waals surface area contributed by atoms with Crippen LogP contribution in [0, 0.1) is 0 Å². The van der Waals surface area contributed by atoms with Crippen LogP contribution in [0.3, 0.4) is 0 Å². The number of halogens is 1. The normalized spacial score (nSPS) is 11.8. The Balaban J connectivity index is 0.00000392. The minimum Gasteiger partial charge on any atom is -0.493 e. The molecule has 0 aliphatic carbocycles. The van der Waals surface area contributed by atoms with Crippen molar-refractivity contribution in [3.63, 3.8) is 0 Å². The highest BCUT2D eigenvalue weighted by atomic mass is 127. The summed E-state index contributed by atoms with van der Waals surface area (Å²) in [7, 11) is 3.23. The average Bonchev–Trinajstić information content (AvgIpc) is 2.71. The monoisotopic (exact) mass is 500 g/mol. The van der Waals surface area contributed by atoms with E-state index in [2.05, 4.69) is 20.6 Å². The Hall–Kier alpha value is -2.23. The van der Waals surface area contributed by atoms with Crippen LogP contribution in [0.15, 0.2) is 47.6 Å². The topological polar surface area (TPSA) is 77.0 Å². The van der Waals surface area contributed by atoms with Gasteiger partial charge in [-0.1, -0.05) is 18.2 Å². The molecule has 0 aliphatic heterocycles. The zero-order valence-corrected chi connectivity index (χ0v) is 19.1. The number of ether oxygens (including phenoxy) is 3. The standard InChI is InChI=1S/C20H28N4O3.HI/c1-5-21-20(24-14-16-10-11-19(26-4)22-13-16)23-12-15(2)27-18-9-7-6-8-17(18)25-3;/h6-11,13,15H,5,12,14H2,1-4H3,(H2,21,23,24);1H. The summed E-state index contributed by atoms with van der Waals surface area (Å²) in [6, 6.07) is 11.4. The minimum absolute atomic E-state index is 0. The van der Waals surface area contributed by atoms with Gasteiger partial charge in [0, 0.05) is 18.8 Å². The zero-order valence-electron chi connectivity index (χ0n) is 16.8. The van der Waals surface area contributed by atoms with Gasteiger partial charge >= 0.3 is 0 Å². The van der Waals surface area contributed by atoms with Gasteiger partial charge in [0.15, 0.2) is 17.5 Å². The van der Waals surface area contributed by atoms with Crippen molar-refractivity contribution in [2.24, 2.45) is 4.99 Å². The molecule has 0 spiro atoms. The summed E-state index contributed by atoms with van der Waals surface area (Å²) in [4.78, 5) is 8.78. The summed E-state index contributed by atoms with van der Waals surface area (Å²) in [5.74, 6) is 2.76. The number of aliphatic imine (C=N–C) groups is 1. The van der Waals surface area contributed by atoms with Gasteiger partial charge in [-0.3, -0.25) is 0 Å². The van der Waals surface area contributed by atoms with Crippen LogP contribution in [0.25, 0.3) is 0 Å². The van der Waals surface area contributed by atoms with E-state index in [0.29, 0.717) is 19.0 Å². The second kappa shape index (κ2) is 13.0. The Morgan fingerprint density at radius 3 is 2.43 bits per heavy atom. The van der Waals surface area contributed by atoms with Gasteiger partial charge in [-0.25, -0.2) is 9.98 Å². The van der Waals surface area contributed by atoms with E-state index in [1.165, 1.54) is 0 Å². The molecule has 0 saturated heterocycles. The predicted molar refractivity (Wildman–Crippen MR) is 122 cm³/mol. The van der Waals surface area contributed by atoms with Gasteiger partial charge in [-0.2, -0.15) is 0 Å². The van der Waals surface area contributed by atoms with Crippen molar-refractivity contribution in [1.29, 1.82) is 0 Å². The summed E-state index contributed by atoms with van der Waals surface area (Å²) in [5.41, 5.74) is 1.01. The van der Waals surface area contributed by atoms with Crippen LogP contribution in [0.2, 0.25) is 0 Å². The number of rotatable bonds is 9. The number of hydrogen-bond acceptors (Lipinski definition) is 5. The van der Waals surface area contributed by atoms with Crippen LogP contribution in [0.5, 0.6) is 17.4 Å². The van der Waals surface area contributed by atoms with E-state index in [4.69, 9.17) is 14.2 Å². The van der Waals surface area contributed by atoms with Gasteiger partial charge < -0.3 is 24.8 Å². The molecular weight excluding hydrogens is 471 g/mol. The van der Waals surface area contributed by atoms with Crippen molar-refractivity contribution in [1.82, 2.24) is 15.6 Å². The van der Waals surface area contributed by atoms with E-state index in [9.17, 15) is 0 Å². The van der Waals surface area contributed by atoms with Crippen molar-refractivity contribution in [3.05, 3.63) is 48.2 Å². The van der Waals surface area contributed by atoms with Gasteiger partial charge in [-0.15, -0.1) is 24.0 Å². The third-order valence-electron chi connectivity index (χ3n) is 3.72. The second-order valence-electron chi connectivity index (χ2n) is 5.86. The number of pyridine rings is 1. The lowest BCUT2D eigenvalue weighted by Crippen LogP contribution is -2.41. The van der Waals surface area contributed by atoms with Gasteiger partial charge in [0.25, 0.3) is 0 Å². The van der Waals surface area contributed by atoms with E-state index in [0.717, 1.165) is 29.6 Å². The summed E-state index contributed by atoms with van der Waals surface area (Å²) >= 11 is 0. The largest absolute Gasteiger partial charge is 0.493 e. The van der Waals surface area contributed by atoms with Crippen LogP contribution >= 0.6 is 24.0 Å². The van der Waals surface area contributed by atoms with Crippen molar-refractivity contribution in [2.45, 2.75) is 26.5 Å². The van der Waals surface area contributed by atoms with Crippen LogP contribution in [-0.2, 0) is 6.54 Å². The molecule has 154 valence electrons. The molecule has 2 aromatic rings. The van der Waals surface area contributed by atoms with Crippen LogP contribution in [0.4, 0.5) is 0 Å². The molecule has 1 aromatic heterocycles. The van der Waals surface area contributed by atoms with Crippen molar-refractivity contribution in [3.8, 4) is 17.4 Å². The lowest BCUT2D eigenvalue weighted by molar-refractivity contribution is 0.213. The smallest absolute Gasteiger partial charge is 0.212 e. The summed E-state index contributed by atoms with van der Waals surface area (Å²) in [6.45, 7) is 5.92. The third-order valence-corrected chi connectivity index (χ3v) is 3.72. The molecule has 0 fully saturated rings. The Kier molecular flexibility index (Phi) is 11.1. The highest BCUT2D eigenvalue weighted by Crippen LogP contribution is 2.26. The van der Waals surface area contributed by atoms with Crippen LogP contribution in [-0.4, -0.2) is 44.4 Å². The van der Waals surface area contributed by atoms with Crippen molar-refractivity contribution < 1.29 is 14.2 Å². The number of hydrogen-bond donors (Lipinski definition) is 2. The Bertz CT molecular complexity index is 726.